The number of nitrogens with one attached hydrogen (secondary N) is 1. The Kier molecular flexibility index (Phi) is 6.27. The molecule has 0 saturated carbocycles. The van der Waals surface area contributed by atoms with Gasteiger partial charge in [-0.1, -0.05) is 0 Å². The molecule has 6 nitrogen and oxygen atoms in total. The van der Waals surface area contributed by atoms with Crippen LogP contribution in [0.2, 0.25) is 0 Å². The SMILES string of the molecule is CCOC(=O)c1ccc(NC(=O)CCc2csc(-c3cccnc3)n2)cc1. The van der Waals surface area contributed by atoms with Gasteiger partial charge in [-0.2, -0.15) is 0 Å². The van der Waals surface area contributed by atoms with Gasteiger partial charge in [-0.15, -0.1) is 11.3 Å². The molecule has 0 unspecified atom stereocenters. The van der Waals surface area contributed by atoms with E-state index in [-0.39, 0.29) is 11.9 Å². The van der Waals surface area contributed by atoms with E-state index in [2.05, 4.69) is 15.3 Å². The maximum absolute atomic E-state index is 12.1. The molecular weight excluding hydrogens is 362 g/mol. The van der Waals surface area contributed by atoms with E-state index in [4.69, 9.17) is 4.74 Å². The largest absolute Gasteiger partial charge is 0.462 e. The molecule has 0 aliphatic rings. The molecule has 27 heavy (non-hydrogen) atoms. The van der Waals surface area contributed by atoms with Crippen molar-refractivity contribution in [2.45, 2.75) is 19.8 Å². The number of carbonyl (C=O) groups excluding carboxylic acids is 2. The van der Waals surface area contributed by atoms with Crippen LogP contribution in [0.4, 0.5) is 5.69 Å². The summed E-state index contributed by atoms with van der Waals surface area (Å²) in [6.45, 7) is 2.09. The Morgan fingerprint density at radius 2 is 2.00 bits per heavy atom. The van der Waals surface area contributed by atoms with Crippen molar-refractivity contribution in [2.75, 3.05) is 11.9 Å². The zero-order chi connectivity index (χ0) is 19.1. The molecule has 0 atom stereocenters. The maximum atomic E-state index is 12.1. The quantitative estimate of drug-likeness (QED) is 0.627. The number of ether oxygens (including phenoxy) is 1. The van der Waals surface area contributed by atoms with Crippen molar-refractivity contribution in [1.29, 1.82) is 0 Å². The zero-order valence-corrected chi connectivity index (χ0v) is 15.7. The molecule has 0 aliphatic heterocycles. The standard InChI is InChI=1S/C20H19N3O3S/c1-2-26-20(25)14-5-7-16(8-6-14)22-18(24)10-9-17-13-27-19(23-17)15-4-3-11-21-12-15/h3-8,11-13H,2,9-10H2,1H3,(H,22,24). The average molecular weight is 381 g/mol. The van der Waals surface area contributed by atoms with Gasteiger partial charge in [0.15, 0.2) is 0 Å². The third kappa shape index (κ3) is 5.21. The number of hydrogen-bond donors (Lipinski definition) is 1. The second kappa shape index (κ2) is 9.05. The fourth-order valence-electron chi connectivity index (χ4n) is 2.41. The van der Waals surface area contributed by atoms with Crippen LogP contribution >= 0.6 is 11.3 Å². The van der Waals surface area contributed by atoms with Crippen LogP contribution in [-0.4, -0.2) is 28.5 Å². The monoisotopic (exact) mass is 381 g/mol. The van der Waals surface area contributed by atoms with Gasteiger partial charge >= 0.3 is 5.97 Å². The van der Waals surface area contributed by atoms with Gasteiger partial charge in [-0.3, -0.25) is 9.78 Å². The van der Waals surface area contributed by atoms with Crippen LogP contribution in [0.3, 0.4) is 0 Å². The van der Waals surface area contributed by atoms with Gasteiger partial charge in [-0.25, -0.2) is 9.78 Å². The van der Waals surface area contributed by atoms with Gasteiger partial charge in [0.1, 0.15) is 5.01 Å². The van der Waals surface area contributed by atoms with Crippen molar-refractivity contribution >= 4 is 28.9 Å². The zero-order valence-electron chi connectivity index (χ0n) is 14.8. The minimum absolute atomic E-state index is 0.102. The minimum Gasteiger partial charge on any atom is -0.462 e. The first-order valence-corrected chi connectivity index (χ1v) is 9.45. The lowest BCUT2D eigenvalue weighted by Gasteiger charge is -2.06. The van der Waals surface area contributed by atoms with E-state index in [1.807, 2.05) is 17.5 Å². The highest BCUT2D eigenvalue weighted by Gasteiger charge is 2.09. The van der Waals surface area contributed by atoms with Gasteiger partial charge in [0.25, 0.3) is 0 Å². The number of pyridine rings is 1. The number of anilines is 1. The molecular formula is C20H19N3O3S. The fraction of sp³-hybridized carbons (Fsp3) is 0.200. The number of amides is 1. The van der Waals surface area contributed by atoms with Crippen LogP contribution in [0.5, 0.6) is 0 Å². The number of thiazole rings is 1. The molecule has 0 bridgehead atoms. The lowest BCUT2D eigenvalue weighted by atomic mass is 10.2. The number of rotatable bonds is 7. The van der Waals surface area contributed by atoms with Crippen LogP contribution in [0, 0.1) is 0 Å². The van der Waals surface area contributed by atoms with Crippen molar-refractivity contribution in [3.63, 3.8) is 0 Å². The number of aromatic nitrogens is 2. The van der Waals surface area contributed by atoms with E-state index in [0.29, 0.717) is 30.7 Å². The predicted molar refractivity (Wildman–Crippen MR) is 105 cm³/mol. The van der Waals surface area contributed by atoms with Crippen molar-refractivity contribution in [3.8, 4) is 10.6 Å². The van der Waals surface area contributed by atoms with E-state index in [0.717, 1.165) is 16.3 Å². The molecule has 0 saturated heterocycles. The average Bonchev–Trinajstić information content (AvgIpc) is 3.17. The molecule has 0 radical (unpaired) electrons. The van der Waals surface area contributed by atoms with Gasteiger partial charge in [0, 0.05) is 35.4 Å². The van der Waals surface area contributed by atoms with Crippen molar-refractivity contribution in [1.82, 2.24) is 9.97 Å². The molecule has 3 aromatic rings. The summed E-state index contributed by atoms with van der Waals surface area (Å²) in [6, 6.07) is 10.5. The topological polar surface area (TPSA) is 81.2 Å². The Hall–Kier alpha value is -3.06. The van der Waals surface area contributed by atoms with E-state index < -0.39 is 0 Å². The Balaban J connectivity index is 1.51. The highest BCUT2D eigenvalue weighted by Crippen LogP contribution is 2.23. The normalized spacial score (nSPS) is 10.4. The van der Waals surface area contributed by atoms with Crippen molar-refractivity contribution in [3.05, 3.63) is 65.4 Å². The Labute approximate surface area is 161 Å². The molecule has 0 spiro atoms. The first kappa shape index (κ1) is 18.7. The summed E-state index contributed by atoms with van der Waals surface area (Å²) in [6.07, 6.45) is 4.39. The molecule has 1 aromatic carbocycles. The van der Waals surface area contributed by atoms with Crippen molar-refractivity contribution < 1.29 is 14.3 Å². The van der Waals surface area contributed by atoms with Crippen LogP contribution in [0.1, 0.15) is 29.4 Å². The summed E-state index contributed by atoms with van der Waals surface area (Å²) in [5.41, 5.74) is 2.95. The third-order valence-electron chi connectivity index (χ3n) is 3.75. The fourth-order valence-corrected chi connectivity index (χ4v) is 3.26. The molecule has 3 rings (SSSR count). The van der Waals surface area contributed by atoms with Gasteiger partial charge in [0.05, 0.1) is 17.9 Å². The van der Waals surface area contributed by atoms with Crippen LogP contribution in [-0.2, 0) is 16.0 Å². The van der Waals surface area contributed by atoms with Gasteiger partial charge < -0.3 is 10.1 Å². The molecule has 1 amide bonds. The molecule has 2 aromatic heterocycles. The Morgan fingerprint density at radius 1 is 1.19 bits per heavy atom. The lowest BCUT2D eigenvalue weighted by Crippen LogP contribution is -2.12. The van der Waals surface area contributed by atoms with Crippen LogP contribution in [0.15, 0.2) is 54.2 Å². The first-order valence-electron chi connectivity index (χ1n) is 8.57. The van der Waals surface area contributed by atoms with E-state index in [1.54, 1.807) is 43.6 Å². The van der Waals surface area contributed by atoms with Crippen molar-refractivity contribution in [2.24, 2.45) is 0 Å². The summed E-state index contributed by atoms with van der Waals surface area (Å²) in [7, 11) is 0. The second-order valence-electron chi connectivity index (χ2n) is 5.73. The maximum Gasteiger partial charge on any atom is 0.338 e. The summed E-state index contributed by atoms with van der Waals surface area (Å²) >= 11 is 1.54. The minimum atomic E-state index is -0.372. The van der Waals surface area contributed by atoms with Gasteiger partial charge in [0.2, 0.25) is 5.91 Å². The molecule has 1 N–H and O–H groups in total. The molecule has 0 fully saturated rings. The van der Waals surface area contributed by atoms with Gasteiger partial charge in [-0.05, 0) is 49.7 Å². The number of esters is 1. The highest BCUT2D eigenvalue weighted by atomic mass is 32.1. The van der Waals surface area contributed by atoms with E-state index >= 15 is 0 Å². The predicted octanol–water partition coefficient (Wildman–Crippen LogP) is 3.95. The number of benzene rings is 1. The van der Waals surface area contributed by atoms with E-state index in [9.17, 15) is 9.59 Å². The highest BCUT2D eigenvalue weighted by molar-refractivity contribution is 7.13. The van der Waals surface area contributed by atoms with Crippen LogP contribution < -0.4 is 5.32 Å². The summed E-state index contributed by atoms with van der Waals surface area (Å²) in [5, 5.41) is 5.68. The van der Waals surface area contributed by atoms with Crippen LogP contribution in [0.25, 0.3) is 10.6 Å². The summed E-state index contributed by atoms with van der Waals surface area (Å²) in [4.78, 5) is 32.4. The lowest BCUT2D eigenvalue weighted by molar-refractivity contribution is -0.116. The molecule has 7 heteroatoms. The summed E-state index contributed by atoms with van der Waals surface area (Å²) in [5.74, 6) is -0.474. The molecule has 2 heterocycles. The third-order valence-corrected chi connectivity index (χ3v) is 4.69. The second-order valence-corrected chi connectivity index (χ2v) is 6.59. The number of carbonyl (C=O) groups is 2. The summed E-state index contributed by atoms with van der Waals surface area (Å²) < 4.78 is 4.93. The smallest absolute Gasteiger partial charge is 0.338 e. The Bertz CT molecular complexity index is 908. The molecule has 138 valence electrons. The first-order chi connectivity index (χ1) is 13.2. The number of nitrogens with zero attached hydrogens (tertiary/aromatic N) is 2. The van der Waals surface area contributed by atoms with E-state index in [1.165, 1.54) is 11.3 Å². The number of aryl methyl sites for hydroxylation is 1. The Morgan fingerprint density at radius 3 is 2.70 bits per heavy atom. The molecule has 0 aliphatic carbocycles. The number of hydrogen-bond acceptors (Lipinski definition) is 6.